The van der Waals surface area contributed by atoms with Crippen molar-refractivity contribution in [3.8, 4) is 11.6 Å². The second kappa shape index (κ2) is 11.0. The average Bonchev–Trinajstić information content (AvgIpc) is 3.44. The summed E-state index contributed by atoms with van der Waals surface area (Å²) >= 11 is 0. The summed E-state index contributed by atoms with van der Waals surface area (Å²) in [6, 6.07) is 7.67. The number of fused-ring (bicyclic) bond motifs is 3. The average molecular weight is 535 g/mol. The number of ketones is 1. The molecule has 0 radical (unpaired) electrons. The number of para-hydroxylation sites is 1. The number of aryl methyl sites for hydroxylation is 1. The lowest BCUT2D eigenvalue weighted by Crippen LogP contribution is -2.38. The third-order valence-electron chi connectivity index (χ3n) is 8.72. The van der Waals surface area contributed by atoms with Crippen molar-refractivity contribution in [2.45, 2.75) is 64.9 Å². The first-order valence-corrected chi connectivity index (χ1v) is 14.1. The van der Waals surface area contributed by atoms with E-state index in [4.69, 9.17) is 9.47 Å². The maximum atomic E-state index is 13.7. The molecule has 1 aromatic carbocycles. The van der Waals surface area contributed by atoms with Crippen molar-refractivity contribution in [2.75, 3.05) is 20.2 Å². The Labute approximate surface area is 229 Å². The fourth-order valence-corrected chi connectivity index (χ4v) is 6.37. The number of benzene rings is 1. The van der Waals surface area contributed by atoms with Gasteiger partial charge < -0.3 is 19.5 Å². The first-order valence-electron chi connectivity index (χ1n) is 14.1. The number of allylic oxidation sites excluding steroid dienone is 2. The predicted molar refractivity (Wildman–Crippen MR) is 147 cm³/mol. The molecule has 3 aliphatic rings. The summed E-state index contributed by atoms with van der Waals surface area (Å²) in [4.78, 5) is 45.9. The van der Waals surface area contributed by atoms with E-state index in [1.54, 1.807) is 18.0 Å². The normalized spacial score (nSPS) is 30.3. The van der Waals surface area contributed by atoms with Gasteiger partial charge in [-0.2, -0.15) is 0 Å². The smallest absolute Gasteiger partial charge is 0.310 e. The van der Waals surface area contributed by atoms with E-state index in [9.17, 15) is 19.5 Å². The van der Waals surface area contributed by atoms with E-state index in [0.717, 1.165) is 35.7 Å². The van der Waals surface area contributed by atoms with Gasteiger partial charge in [-0.25, -0.2) is 4.98 Å². The molecule has 208 valence electrons. The summed E-state index contributed by atoms with van der Waals surface area (Å²) in [6.07, 6.45) is 7.47. The number of carboxylic acid groups (broad SMARTS) is 1. The number of Topliss-reactive ketones (excluding diaryl/α,β-unsaturated/α-hetero) is 1. The van der Waals surface area contributed by atoms with Crippen LogP contribution >= 0.6 is 0 Å². The summed E-state index contributed by atoms with van der Waals surface area (Å²) in [5.74, 6) is -1.28. The third-order valence-corrected chi connectivity index (χ3v) is 8.72. The first kappa shape index (κ1) is 27.2. The zero-order chi connectivity index (χ0) is 27.7. The number of rotatable bonds is 5. The number of aliphatic carboxylic acids is 1. The zero-order valence-corrected chi connectivity index (χ0v) is 23.0. The minimum atomic E-state index is -1.05. The lowest BCUT2D eigenvalue weighted by atomic mass is 9.84. The predicted octanol–water partition coefficient (Wildman–Crippen LogP) is 4.96. The second-order valence-corrected chi connectivity index (χ2v) is 11.4. The fraction of sp³-hybridized carbons (Fsp3) is 0.548. The van der Waals surface area contributed by atoms with Crippen LogP contribution in [0.5, 0.6) is 11.6 Å². The summed E-state index contributed by atoms with van der Waals surface area (Å²) in [5.41, 5.74) is 0.733. The molecule has 8 nitrogen and oxygen atoms in total. The molecule has 0 bridgehead atoms. The van der Waals surface area contributed by atoms with Crippen molar-refractivity contribution in [2.24, 2.45) is 23.2 Å². The lowest BCUT2D eigenvalue weighted by molar-refractivity contribution is -0.147. The number of nitrogens with zero attached hydrogens (tertiary/aromatic N) is 2. The van der Waals surface area contributed by atoms with Crippen LogP contribution < -0.4 is 9.47 Å². The van der Waals surface area contributed by atoms with Crippen LogP contribution in [0.15, 0.2) is 36.4 Å². The molecule has 5 atom stereocenters. The molecule has 2 heterocycles. The van der Waals surface area contributed by atoms with Crippen LogP contribution in [-0.2, 0) is 14.4 Å². The van der Waals surface area contributed by atoms with E-state index in [2.05, 4.69) is 4.98 Å². The standard InChI is InChI=1S/C31H38N2O6/c1-4-38-27-16-26(22-12-9-10-19(2)28(22)32-27)39-21-14-23-24(15-21)29(35)33(3)13-8-6-5-7-11-20-17-31(20,30(36)37)18-25(23)34/h7,9-12,16,20-21,23-24H,4-6,8,13-15,17-18H2,1-3H3,(H,36,37)/b11-7-/t20-,21+,23+,24+,31+/m0/s1. The van der Waals surface area contributed by atoms with Crippen LogP contribution in [0.1, 0.15) is 57.4 Å². The van der Waals surface area contributed by atoms with Gasteiger partial charge in [0.1, 0.15) is 17.6 Å². The molecular weight excluding hydrogens is 496 g/mol. The summed E-state index contributed by atoms with van der Waals surface area (Å²) in [6.45, 7) is 4.98. The molecule has 2 aliphatic carbocycles. The molecule has 1 amide bonds. The van der Waals surface area contributed by atoms with Gasteiger partial charge in [0.25, 0.3) is 0 Å². The Morgan fingerprint density at radius 2 is 2.00 bits per heavy atom. The Kier molecular flexibility index (Phi) is 7.65. The van der Waals surface area contributed by atoms with E-state index < -0.39 is 23.2 Å². The highest BCUT2D eigenvalue weighted by Crippen LogP contribution is 2.57. The van der Waals surface area contributed by atoms with Crippen molar-refractivity contribution < 1.29 is 29.0 Å². The van der Waals surface area contributed by atoms with E-state index in [1.807, 2.05) is 44.2 Å². The third kappa shape index (κ3) is 5.38. The maximum absolute atomic E-state index is 13.7. The van der Waals surface area contributed by atoms with Gasteiger partial charge >= 0.3 is 5.97 Å². The molecule has 39 heavy (non-hydrogen) atoms. The largest absolute Gasteiger partial charge is 0.489 e. The van der Waals surface area contributed by atoms with E-state index in [1.165, 1.54) is 0 Å². The number of aromatic nitrogens is 1. The zero-order valence-electron chi connectivity index (χ0n) is 23.0. The van der Waals surface area contributed by atoms with E-state index in [-0.39, 0.29) is 30.1 Å². The minimum Gasteiger partial charge on any atom is -0.489 e. The molecule has 1 aliphatic heterocycles. The van der Waals surface area contributed by atoms with Gasteiger partial charge in [0.2, 0.25) is 11.8 Å². The highest BCUT2D eigenvalue weighted by atomic mass is 16.5. The number of hydrogen-bond donors (Lipinski definition) is 1. The maximum Gasteiger partial charge on any atom is 0.310 e. The number of pyridine rings is 1. The molecule has 1 N–H and O–H groups in total. The number of hydrogen-bond acceptors (Lipinski definition) is 6. The number of ether oxygens (including phenoxy) is 2. The van der Waals surface area contributed by atoms with Gasteiger partial charge in [-0.05, 0) is 69.9 Å². The summed E-state index contributed by atoms with van der Waals surface area (Å²) in [7, 11) is 1.79. The van der Waals surface area contributed by atoms with E-state index in [0.29, 0.717) is 44.0 Å². The number of carbonyl (C=O) groups excluding carboxylic acids is 2. The van der Waals surface area contributed by atoms with Crippen LogP contribution in [0, 0.1) is 30.1 Å². The van der Waals surface area contributed by atoms with Crippen LogP contribution in [0.2, 0.25) is 0 Å². The van der Waals surface area contributed by atoms with Gasteiger partial charge in [-0.1, -0.05) is 24.3 Å². The Balaban J connectivity index is 1.44. The molecule has 5 rings (SSSR count). The van der Waals surface area contributed by atoms with Crippen LogP contribution in [0.3, 0.4) is 0 Å². The van der Waals surface area contributed by atoms with Crippen LogP contribution in [0.25, 0.3) is 10.9 Å². The molecule has 2 saturated carbocycles. The molecule has 2 fully saturated rings. The van der Waals surface area contributed by atoms with Crippen LogP contribution in [0.4, 0.5) is 0 Å². The van der Waals surface area contributed by atoms with Crippen molar-refractivity contribution >= 4 is 28.6 Å². The Hall–Kier alpha value is -3.42. The minimum absolute atomic E-state index is 0.0475. The van der Waals surface area contributed by atoms with Crippen molar-refractivity contribution in [3.05, 3.63) is 42.0 Å². The SMILES string of the molecule is CCOc1cc(O[C@@H]2C[C@H]3C(=O)C[C@]4(C(=O)O)C[C@@H]4/C=C\CCCCN(C)C(=O)[C@@H]3C2)c2cccc(C)c2n1. The van der Waals surface area contributed by atoms with Gasteiger partial charge in [0.05, 0.1) is 23.5 Å². The Bertz CT molecular complexity index is 1310. The van der Waals surface area contributed by atoms with Crippen molar-refractivity contribution in [1.82, 2.24) is 9.88 Å². The van der Waals surface area contributed by atoms with Crippen LogP contribution in [-0.4, -0.2) is 59.0 Å². The molecular formula is C31H38N2O6. The van der Waals surface area contributed by atoms with Crippen molar-refractivity contribution in [1.29, 1.82) is 0 Å². The fourth-order valence-electron chi connectivity index (χ4n) is 6.37. The number of carbonyl (C=O) groups is 3. The van der Waals surface area contributed by atoms with Crippen molar-refractivity contribution in [3.63, 3.8) is 0 Å². The summed E-state index contributed by atoms with van der Waals surface area (Å²) < 4.78 is 12.2. The Morgan fingerprint density at radius 1 is 1.21 bits per heavy atom. The molecule has 0 saturated heterocycles. The quantitative estimate of drug-likeness (QED) is 0.540. The Morgan fingerprint density at radius 3 is 2.77 bits per heavy atom. The topological polar surface area (TPSA) is 106 Å². The molecule has 2 aromatic rings. The van der Waals surface area contributed by atoms with E-state index >= 15 is 0 Å². The first-order chi connectivity index (χ1) is 18.7. The lowest BCUT2D eigenvalue weighted by Gasteiger charge is -2.25. The molecule has 0 spiro atoms. The van der Waals surface area contributed by atoms with Gasteiger partial charge in [0, 0.05) is 37.4 Å². The monoisotopic (exact) mass is 534 g/mol. The molecule has 1 aromatic heterocycles. The highest BCUT2D eigenvalue weighted by Gasteiger charge is 2.61. The van der Waals surface area contributed by atoms with Gasteiger partial charge in [0.15, 0.2) is 0 Å². The number of amides is 1. The molecule has 8 heteroatoms. The summed E-state index contributed by atoms with van der Waals surface area (Å²) in [5, 5.41) is 10.9. The molecule has 0 unspecified atom stereocenters. The highest BCUT2D eigenvalue weighted by molar-refractivity contribution is 5.94. The number of carboxylic acids is 1. The van der Waals surface area contributed by atoms with Gasteiger partial charge in [-0.3, -0.25) is 14.4 Å². The van der Waals surface area contributed by atoms with Gasteiger partial charge in [-0.15, -0.1) is 0 Å². The second-order valence-electron chi connectivity index (χ2n) is 11.4.